The van der Waals surface area contributed by atoms with Gasteiger partial charge in [-0.05, 0) is 42.5 Å². The topological polar surface area (TPSA) is 80.5 Å². The minimum Gasteiger partial charge on any atom is -0.368 e. The van der Waals surface area contributed by atoms with E-state index in [0.717, 1.165) is 28.6 Å². The van der Waals surface area contributed by atoms with Crippen LogP contribution >= 0.6 is 27.5 Å². The number of hydrogen-bond donors (Lipinski definition) is 1. The number of amides is 1. The number of rotatable bonds is 5. The molecule has 0 saturated carbocycles. The summed E-state index contributed by atoms with van der Waals surface area (Å²) in [5.74, 6) is -1.43. The Morgan fingerprint density at radius 2 is 1.83 bits per heavy atom. The van der Waals surface area contributed by atoms with Crippen LogP contribution in [0.4, 0.5) is 10.1 Å². The highest BCUT2D eigenvalue weighted by Gasteiger charge is 2.28. The van der Waals surface area contributed by atoms with Gasteiger partial charge in [-0.15, -0.1) is 0 Å². The van der Waals surface area contributed by atoms with Crippen LogP contribution in [-0.4, -0.2) is 20.9 Å². The number of nitrogens with two attached hydrogens (primary N) is 1. The number of halogens is 3. The van der Waals surface area contributed by atoms with Crippen LogP contribution in [0.5, 0.6) is 0 Å². The highest BCUT2D eigenvalue weighted by atomic mass is 79.9. The predicted molar refractivity (Wildman–Crippen MR) is 89.3 cm³/mol. The van der Waals surface area contributed by atoms with Gasteiger partial charge in [0.05, 0.1) is 15.6 Å². The number of carbonyl (C=O) groups is 1. The minimum atomic E-state index is -4.14. The average Bonchev–Trinajstić information content (AvgIpc) is 2.45. The van der Waals surface area contributed by atoms with Crippen molar-refractivity contribution in [3.8, 4) is 0 Å². The number of anilines is 1. The smallest absolute Gasteiger partial charge is 0.264 e. The summed E-state index contributed by atoms with van der Waals surface area (Å²) in [6.45, 7) is -0.596. The third-order valence-electron chi connectivity index (χ3n) is 2.88. The van der Waals surface area contributed by atoms with Gasteiger partial charge < -0.3 is 5.73 Å². The number of benzene rings is 2. The molecule has 2 aromatic carbocycles. The van der Waals surface area contributed by atoms with Crippen LogP contribution in [0.15, 0.2) is 51.8 Å². The fourth-order valence-electron chi connectivity index (χ4n) is 1.86. The van der Waals surface area contributed by atoms with Crippen molar-refractivity contribution in [2.75, 3.05) is 10.8 Å². The summed E-state index contributed by atoms with van der Waals surface area (Å²) in [7, 11) is -4.14. The first kappa shape index (κ1) is 17.7. The highest BCUT2D eigenvalue weighted by molar-refractivity contribution is 9.10. The summed E-state index contributed by atoms with van der Waals surface area (Å²) in [4.78, 5) is 11.1. The van der Waals surface area contributed by atoms with E-state index < -0.39 is 28.3 Å². The molecule has 0 saturated heterocycles. The molecule has 0 spiro atoms. The second-order valence-corrected chi connectivity index (χ2v) is 7.71. The Balaban J connectivity index is 2.57. The second kappa shape index (κ2) is 6.86. The van der Waals surface area contributed by atoms with Crippen molar-refractivity contribution >= 4 is 49.1 Å². The third-order valence-corrected chi connectivity index (χ3v) is 5.45. The largest absolute Gasteiger partial charge is 0.368 e. The lowest BCUT2D eigenvalue weighted by Gasteiger charge is -2.24. The van der Waals surface area contributed by atoms with Gasteiger partial charge in [-0.3, -0.25) is 9.10 Å². The average molecular weight is 422 g/mol. The molecule has 2 N–H and O–H groups in total. The van der Waals surface area contributed by atoms with Crippen molar-refractivity contribution in [1.29, 1.82) is 0 Å². The molecule has 2 aromatic rings. The van der Waals surface area contributed by atoms with Crippen LogP contribution in [0.3, 0.4) is 0 Å². The number of carbonyl (C=O) groups excluding carboxylic acids is 1. The summed E-state index contributed by atoms with van der Waals surface area (Å²) >= 11 is 9.29. The molecule has 23 heavy (non-hydrogen) atoms. The molecular formula is C14H11BrClFN2O3S. The zero-order valence-electron chi connectivity index (χ0n) is 11.5. The summed E-state index contributed by atoms with van der Waals surface area (Å²) in [6, 6.07) is 8.74. The zero-order valence-corrected chi connectivity index (χ0v) is 14.7. The summed E-state index contributed by atoms with van der Waals surface area (Å²) in [5, 5.41) is 0.117. The van der Waals surface area contributed by atoms with Crippen molar-refractivity contribution in [3.05, 3.63) is 57.8 Å². The Bertz CT molecular complexity index is 844. The molecule has 0 unspecified atom stereocenters. The maximum atomic E-state index is 13.0. The van der Waals surface area contributed by atoms with E-state index in [9.17, 15) is 17.6 Å². The van der Waals surface area contributed by atoms with E-state index in [-0.39, 0.29) is 15.6 Å². The molecule has 0 bridgehead atoms. The van der Waals surface area contributed by atoms with Gasteiger partial charge in [0.25, 0.3) is 10.0 Å². The fourth-order valence-corrected chi connectivity index (χ4v) is 4.13. The normalized spacial score (nSPS) is 11.3. The maximum absolute atomic E-state index is 13.0. The van der Waals surface area contributed by atoms with E-state index in [1.807, 2.05) is 0 Å². The van der Waals surface area contributed by atoms with Crippen LogP contribution in [0.25, 0.3) is 0 Å². The van der Waals surface area contributed by atoms with E-state index >= 15 is 0 Å². The van der Waals surface area contributed by atoms with Gasteiger partial charge in [-0.25, -0.2) is 12.8 Å². The number of hydrogen-bond acceptors (Lipinski definition) is 3. The van der Waals surface area contributed by atoms with Crippen LogP contribution in [0.2, 0.25) is 5.02 Å². The van der Waals surface area contributed by atoms with E-state index in [1.165, 1.54) is 12.1 Å². The lowest BCUT2D eigenvalue weighted by molar-refractivity contribution is -0.116. The standard InChI is InChI=1S/C14H11BrClFN2O3S/c15-9-1-6-13(12(16)7-9)19(8-14(18)20)23(21,22)11-4-2-10(17)3-5-11/h1-7H,8H2,(H2,18,20). The van der Waals surface area contributed by atoms with Gasteiger partial charge in [0, 0.05) is 4.47 Å². The molecule has 0 fully saturated rings. The minimum absolute atomic E-state index is 0.0954. The van der Waals surface area contributed by atoms with Crippen LogP contribution in [0, 0.1) is 5.82 Å². The lowest BCUT2D eigenvalue weighted by atomic mass is 10.3. The first-order valence-corrected chi connectivity index (χ1v) is 8.84. The SMILES string of the molecule is NC(=O)CN(c1ccc(Br)cc1Cl)S(=O)(=O)c1ccc(F)cc1. The molecule has 122 valence electrons. The van der Waals surface area contributed by atoms with Gasteiger partial charge in [0.15, 0.2) is 0 Å². The van der Waals surface area contributed by atoms with Crippen molar-refractivity contribution < 1.29 is 17.6 Å². The Morgan fingerprint density at radius 3 is 2.35 bits per heavy atom. The molecule has 0 aliphatic rings. The number of nitrogens with zero attached hydrogens (tertiary/aromatic N) is 1. The zero-order chi connectivity index (χ0) is 17.2. The molecular weight excluding hydrogens is 411 g/mol. The van der Waals surface area contributed by atoms with Crippen molar-refractivity contribution in [3.63, 3.8) is 0 Å². The first-order chi connectivity index (χ1) is 10.7. The molecule has 1 amide bonds. The van der Waals surface area contributed by atoms with Gasteiger partial charge >= 0.3 is 0 Å². The third kappa shape index (κ3) is 4.01. The fraction of sp³-hybridized carbons (Fsp3) is 0.0714. The molecule has 0 aromatic heterocycles. The molecule has 0 atom stereocenters. The Labute approximate surface area is 146 Å². The van der Waals surface area contributed by atoms with E-state index in [2.05, 4.69) is 15.9 Å². The molecule has 0 radical (unpaired) electrons. The maximum Gasteiger partial charge on any atom is 0.264 e. The van der Waals surface area contributed by atoms with Gasteiger partial charge in [-0.1, -0.05) is 27.5 Å². The predicted octanol–water partition coefficient (Wildman–Crippen LogP) is 2.92. The second-order valence-electron chi connectivity index (χ2n) is 4.53. The van der Waals surface area contributed by atoms with E-state index in [0.29, 0.717) is 4.47 Å². The van der Waals surface area contributed by atoms with Gasteiger partial charge in [-0.2, -0.15) is 0 Å². The Morgan fingerprint density at radius 1 is 1.22 bits per heavy atom. The molecule has 0 aliphatic heterocycles. The molecule has 0 heterocycles. The van der Waals surface area contributed by atoms with Gasteiger partial charge in [0.2, 0.25) is 5.91 Å². The Kier molecular flexibility index (Phi) is 5.28. The monoisotopic (exact) mass is 420 g/mol. The Hall–Kier alpha value is -1.64. The summed E-state index contributed by atoms with van der Waals surface area (Å²) in [6.07, 6.45) is 0. The van der Waals surface area contributed by atoms with Crippen molar-refractivity contribution in [2.45, 2.75) is 4.90 Å². The molecule has 9 heteroatoms. The molecule has 0 aliphatic carbocycles. The first-order valence-electron chi connectivity index (χ1n) is 6.23. The van der Waals surface area contributed by atoms with Gasteiger partial charge in [0.1, 0.15) is 12.4 Å². The summed E-state index contributed by atoms with van der Waals surface area (Å²) < 4.78 is 39.9. The summed E-state index contributed by atoms with van der Waals surface area (Å²) in [5.41, 5.74) is 5.25. The van der Waals surface area contributed by atoms with Crippen molar-refractivity contribution in [2.24, 2.45) is 5.73 Å². The van der Waals surface area contributed by atoms with E-state index in [4.69, 9.17) is 17.3 Å². The lowest BCUT2D eigenvalue weighted by Crippen LogP contribution is -2.38. The van der Waals surface area contributed by atoms with Crippen LogP contribution in [-0.2, 0) is 14.8 Å². The van der Waals surface area contributed by atoms with Crippen molar-refractivity contribution in [1.82, 2.24) is 0 Å². The van der Waals surface area contributed by atoms with Crippen LogP contribution < -0.4 is 10.0 Å². The van der Waals surface area contributed by atoms with Crippen LogP contribution in [0.1, 0.15) is 0 Å². The highest BCUT2D eigenvalue weighted by Crippen LogP contribution is 2.32. The number of primary amides is 1. The quantitative estimate of drug-likeness (QED) is 0.806. The molecule has 2 rings (SSSR count). The molecule has 5 nitrogen and oxygen atoms in total. The number of sulfonamides is 1. The van der Waals surface area contributed by atoms with E-state index in [1.54, 1.807) is 6.07 Å².